The summed E-state index contributed by atoms with van der Waals surface area (Å²) in [6.45, 7) is 1.94. The molecule has 0 aliphatic carbocycles. The minimum absolute atomic E-state index is 0.196. The maximum absolute atomic E-state index is 11.6. The lowest BCUT2D eigenvalue weighted by molar-refractivity contribution is 0.0699. The van der Waals surface area contributed by atoms with E-state index in [4.69, 9.17) is 16.0 Å². The molecule has 0 amide bonds. The van der Waals surface area contributed by atoms with Gasteiger partial charge in [-0.05, 0) is 42.8 Å². The largest absolute Gasteiger partial charge is 0.478 e. The van der Waals surface area contributed by atoms with Gasteiger partial charge in [-0.1, -0.05) is 41.9 Å². The molecular formula is C21H14ClNO3. The third-order valence-corrected chi connectivity index (χ3v) is 4.67. The normalized spacial score (nSPS) is 11.0. The topological polar surface area (TPSA) is 63.3 Å². The average molecular weight is 364 g/mol. The molecule has 4 aromatic rings. The number of hydrogen-bond donors (Lipinski definition) is 1. The van der Waals surface area contributed by atoms with Crippen molar-refractivity contribution in [1.82, 2.24) is 4.98 Å². The Bertz CT molecular complexity index is 1150. The monoisotopic (exact) mass is 363 g/mol. The third kappa shape index (κ3) is 2.85. The molecular weight excluding hydrogens is 350 g/mol. The highest BCUT2D eigenvalue weighted by molar-refractivity contribution is 6.31. The van der Waals surface area contributed by atoms with Crippen LogP contribution in [0, 0.1) is 6.92 Å². The highest BCUT2D eigenvalue weighted by Crippen LogP contribution is 2.31. The first-order valence-corrected chi connectivity index (χ1v) is 8.40. The number of para-hydroxylation sites is 1. The Hall–Kier alpha value is -3.11. The summed E-state index contributed by atoms with van der Waals surface area (Å²) < 4.78 is 5.92. The van der Waals surface area contributed by atoms with Gasteiger partial charge in [-0.2, -0.15) is 0 Å². The number of hydrogen-bond acceptors (Lipinski definition) is 3. The second kappa shape index (κ2) is 6.32. The standard InChI is InChI=1S/C21H14ClNO3/c1-12-6-7-13(10-16(12)22)19-8-9-20(26-19)18-11-15(21(24)25)14-4-2-3-5-17(14)23-18/h2-11H,1H3,(H,24,25). The highest BCUT2D eigenvalue weighted by atomic mass is 35.5. The quantitative estimate of drug-likeness (QED) is 0.498. The molecule has 4 rings (SSSR count). The van der Waals surface area contributed by atoms with Crippen molar-refractivity contribution < 1.29 is 14.3 Å². The maximum Gasteiger partial charge on any atom is 0.336 e. The zero-order chi connectivity index (χ0) is 18.3. The number of carboxylic acids is 1. The van der Waals surface area contributed by atoms with Gasteiger partial charge in [0.1, 0.15) is 11.5 Å². The molecule has 0 atom stereocenters. The highest BCUT2D eigenvalue weighted by Gasteiger charge is 2.15. The zero-order valence-electron chi connectivity index (χ0n) is 13.9. The number of halogens is 1. The van der Waals surface area contributed by atoms with Gasteiger partial charge in [0.25, 0.3) is 0 Å². The van der Waals surface area contributed by atoms with Crippen LogP contribution in [0.5, 0.6) is 0 Å². The van der Waals surface area contributed by atoms with Crippen LogP contribution >= 0.6 is 11.6 Å². The molecule has 0 saturated heterocycles. The Balaban J connectivity index is 1.82. The number of benzene rings is 2. The van der Waals surface area contributed by atoms with Crippen molar-refractivity contribution in [1.29, 1.82) is 0 Å². The second-order valence-corrected chi connectivity index (χ2v) is 6.41. The van der Waals surface area contributed by atoms with E-state index in [9.17, 15) is 9.90 Å². The van der Waals surface area contributed by atoms with Gasteiger partial charge in [0.05, 0.1) is 11.1 Å². The van der Waals surface area contributed by atoms with Crippen molar-refractivity contribution in [3.8, 4) is 22.8 Å². The van der Waals surface area contributed by atoms with Crippen molar-refractivity contribution in [2.45, 2.75) is 6.92 Å². The summed E-state index contributed by atoms with van der Waals surface area (Å²) in [4.78, 5) is 16.2. The third-order valence-electron chi connectivity index (χ3n) is 4.26. The Kier molecular flexibility index (Phi) is 3.98. The number of nitrogens with zero attached hydrogens (tertiary/aromatic N) is 1. The van der Waals surface area contributed by atoms with E-state index in [0.717, 1.165) is 11.1 Å². The molecule has 0 spiro atoms. The van der Waals surface area contributed by atoms with Crippen molar-refractivity contribution in [2.24, 2.45) is 0 Å². The van der Waals surface area contributed by atoms with Crippen LogP contribution in [0.15, 0.2) is 65.1 Å². The fourth-order valence-electron chi connectivity index (χ4n) is 2.86. The molecule has 5 heteroatoms. The Morgan fingerprint density at radius 3 is 2.58 bits per heavy atom. The van der Waals surface area contributed by atoms with Gasteiger partial charge in [-0.15, -0.1) is 0 Å². The molecule has 0 unspecified atom stereocenters. The molecule has 0 radical (unpaired) electrons. The molecule has 26 heavy (non-hydrogen) atoms. The molecule has 0 aliphatic rings. The summed E-state index contributed by atoms with van der Waals surface area (Å²) in [5.74, 6) is 0.153. The minimum Gasteiger partial charge on any atom is -0.478 e. The van der Waals surface area contributed by atoms with Crippen molar-refractivity contribution in [2.75, 3.05) is 0 Å². The first-order valence-electron chi connectivity index (χ1n) is 8.03. The number of aryl methyl sites for hydroxylation is 1. The number of aromatic carboxylic acids is 1. The van der Waals surface area contributed by atoms with Crippen LogP contribution < -0.4 is 0 Å². The summed E-state index contributed by atoms with van der Waals surface area (Å²) in [5, 5.41) is 10.8. The number of fused-ring (bicyclic) bond motifs is 1. The lowest BCUT2D eigenvalue weighted by Crippen LogP contribution is -1.99. The van der Waals surface area contributed by atoms with Crippen molar-refractivity contribution in [3.05, 3.63) is 76.8 Å². The summed E-state index contributed by atoms with van der Waals surface area (Å²) in [6.07, 6.45) is 0. The summed E-state index contributed by atoms with van der Waals surface area (Å²) in [7, 11) is 0. The van der Waals surface area contributed by atoms with Gasteiger partial charge in [0, 0.05) is 16.0 Å². The second-order valence-electron chi connectivity index (χ2n) is 6.01. The molecule has 0 fully saturated rings. The number of carboxylic acid groups (broad SMARTS) is 1. The fraction of sp³-hybridized carbons (Fsp3) is 0.0476. The molecule has 0 bridgehead atoms. The van der Waals surface area contributed by atoms with Gasteiger partial charge in [-0.25, -0.2) is 9.78 Å². The number of rotatable bonds is 3. The number of pyridine rings is 1. The van der Waals surface area contributed by atoms with Crippen LogP contribution in [0.3, 0.4) is 0 Å². The van der Waals surface area contributed by atoms with Crippen LogP contribution in [0.2, 0.25) is 5.02 Å². The fourth-order valence-corrected chi connectivity index (χ4v) is 3.04. The van der Waals surface area contributed by atoms with Crippen LogP contribution in [0.25, 0.3) is 33.7 Å². The molecule has 128 valence electrons. The molecule has 2 aromatic carbocycles. The Labute approximate surface area is 154 Å². The van der Waals surface area contributed by atoms with Crippen molar-refractivity contribution in [3.63, 3.8) is 0 Å². The van der Waals surface area contributed by atoms with Gasteiger partial charge >= 0.3 is 5.97 Å². The van der Waals surface area contributed by atoms with E-state index in [1.807, 2.05) is 37.3 Å². The Morgan fingerprint density at radius 1 is 1.04 bits per heavy atom. The van der Waals surface area contributed by atoms with E-state index >= 15 is 0 Å². The zero-order valence-corrected chi connectivity index (χ0v) is 14.6. The van der Waals surface area contributed by atoms with E-state index in [1.165, 1.54) is 6.07 Å². The van der Waals surface area contributed by atoms with E-state index in [-0.39, 0.29) is 5.56 Å². The van der Waals surface area contributed by atoms with Gasteiger partial charge < -0.3 is 9.52 Å². The smallest absolute Gasteiger partial charge is 0.336 e. The molecule has 0 aliphatic heterocycles. The summed E-state index contributed by atoms with van der Waals surface area (Å²) >= 11 is 6.19. The molecule has 0 saturated carbocycles. The SMILES string of the molecule is Cc1ccc(-c2ccc(-c3cc(C(=O)O)c4ccccc4n3)o2)cc1Cl. The van der Waals surface area contributed by atoms with Crippen LogP contribution in [0.4, 0.5) is 0 Å². The summed E-state index contributed by atoms with van der Waals surface area (Å²) in [5.41, 5.74) is 3.13. The van der Waals surface area contributed by atoms with Crippen LogP contribution in [-0.4, -0.2) is 16.1 Å². The molecule has 4 nitrogen and oxygen atoms in total. The number of furan rings is 1. The first kappa shape index (κ1) is 16.4. The predicted molar refractivity (Wildman–Crippen MR) is 102 cm³/mol. The van der Waals surface area contributed by atoms with Crippen LogP contribution in [0.1, 0.15) is 15.9 Å². The van der Waals surface area contributed by atoms with E-state index in [0.29, 0.717) is 33.1 Å². The van der Waals surface area contributed by atoms with Gasteiger partial charge in [0.15, 0.2) is 5.76 Å². The number of carbonyl (C=O) groups is 1. The van der Waals surface area contributed by atoms with Crippen molar-refractivity contribution >= 4 is 28.5 Å². The lowest BCUT2D eigenvalue weighted by Gasteiger charge is -2.05. The first-order chi connectivity index (χ1) is 12.5. The van der Waals surface area contributed by atoms with Crippen LogP contribution in [-0.2, 0) is 0 Å². The van der Waals surface area contributed by atoms with E-state index in [2.05, 4.69) is 4.98 Å². The minimum atomic E-state index is -0.998. The summed E-state index contributed by atoms with van der Waals surface area (Å²) in [6, 6.07) is 18.0. The maximum atomic E-state index is 11.6. The van der Waals surface area contributed by atoms with E-state index < -0.39 is 5.97 Å². The number of aromatic nitrogens is 1. The predicted octanol–water partition coefficient (Wildman–Crippen LogP) is 5.82. The molecule has 2 heterocycles. The lowest BCUT2D eigenvalue weighted by atomic mass is 10.1. The average Bonchev–Trinajstić information content (AvgIpc) is 3.13. The van der Waals surface area contributed by atoms with E-state index in [1.54, 1.807) is 24.3 Å². The van der Waals surface area contributed by atoms with Gasteiger partial charge in [-0.3, -0.25) is 0 Å². The van der Waals surface area contributed by atoms with Gasteiger partial charge in [0.2, 0.25) is 0 Å². The Morgan fingerprint density at radius 2 is 1.81 bits per heavy atom. The molecule has 2 aromatic heterocycles. The molecule has 1 N–H and O–H groups in total.